The van der Waals surface area contributed by atoms with Gasteiger partial charge in [0.05, 0.1) is 31.6 Å². The summed E-state index contributed by atoms with van der Waals surface area (Å²) < 4.78 is 12.7. The van der Waals surface area contributed by atoms with Crippen LogP contribution >= 0.6 is 11.6 Å². The molecule has 0 atom stereocenters. The zero-order chi connectivity index (χ0) is 15.5. The fourth-order valence-electron chi connectivity index (χ4n) is 2.50. The Kier molecular flexibility index (Phi) is 4.20. The van der Waals surface area contributed by atoms with Gasteiger partial charge in [-0.2, -0.15) is 0 Å². The summed E-state index contributed by atoms with van der Waals surface area (Å²) in [6, 6.07) is 11.8. The molecule has 0 unspecified atom stereocenters. The largest absolute Gasteiger partial charge is 0.493 e. The summed E-state index contributed by atoms with van der Waals surface area (Å²) in [6.45, 7) is 0.841. The Labute approximate surface area is 134 Å². The highest BCUT2D eigenvalue weighted by atomic mass is 35.5. The molecule has 0 aliphatic heterocycles. The van der Waals surface area contributed by atoms with Crippen LogP contribution in [0.1, 0.15) is 5.56 Å². The second kappa shape index (κ2) is 6.28. The molecule has 22 heavy (non-hydrogen) atoms. The lowest BCUT2D eigenvalue weighted by Crippen LogP contribution is -2.00. The molecule has 3 rings (SSSR count). The number of fused-ring (bicyclic) bond motifs is 1. The summed E-state index contributed by atoms with van der Waals surface area (Å²) in [5, 5.41) is 0.706. The number of ether oxygens (including phenoxy) is 2. The van der Waals surface area contributed by atoms with Crippen LogP contribution in [0.4, 0.5) is 0 Å². The molecule has 0 aliphatic carbocycles. The third-order valence-electron chi connectivity index (χ3n) is 3.67. The van der Waals surface area contributed by atoms with Crippen molar-refractivity contribution in [3.63, 3.8) is 0 Å². The van der Waals surface area contributed by atoms with Gasteiger partial charge in [-0.3, -0.25) is 0 Å². The molecule has 4 nitrogen and oxygen atoms in total. The van der Waals surface area contributed by atoms with E-state index >= 15 is 0 Å². The lowest BCUT2D eigenvalue weighted by molar-refractivity contribution is 0.354. The lowest BCUT2D eigenvalue weighted by Gasteiger charge is -2.10. The van der Waals surface area contributed by atoms with Crippen LogP contribution in [0.15, 0.2) is 42.7 Å². The van der Waals surface area contributed by atoms with Crippen molar-refractivity contribution in [2.24, 2.45) is 0 Å². The smallest absolute Gasteiger partial charge is 0.160 e. The van der Waals surface area contributed by atoms with Crippen LogP contribution in [0.5, 0.6) is 11.5 Å². The molecule has 0 aliphatic rings. The second-order valence-corrected chi connectivity index (χ2v) is 5.45. The molecule has 114 valence electrons. The molecule has 0 fully saturated rings. The lowest BCUT2D eigenvalue weighted by atomic mass is 10.1. The minimum Gasteiger partial charge on any atom is -0.493 e. The molecular weight excluding hydrogens is 300 g/mol. The first-order valence-electron chi connectivity index (χ1n) is 7.02. The van der Waals surface area contributed by atoms with Gasteiger partial charge in [0.2, 0.25) is 0 Å². The number of aryl methyl sites for hydroxylation is 2. The van der Waals surface area contributed by atoms with Crippen LogP contribution in [0.3, 0.4) is 0 Å². The maximum atomic E-state index is 5.99. The van der Waals surface area contributed by atoms with E-state index in [1.54, 1.807) is 14.2 Å². The summed E-state index contributed by atoms with van der Waals surface area (Å²) in [7, 11) is 3.29. The number of hydrogen-bond acceptors (Lipinski definition) is 3. The predicted molar refractivity (Wildman–Crippen MR) is 88.0 cm³/mol. The molecule has 3 aromatic rings. The summed E-state index contributed by atoms with van der Waals surface area (Å²) >= 11 is 5.99. The molecule has 1 heterocycles. The first kappa shape index (κ1) is 14.7. The first-order valence-corrected chi connectivity index (χ1v) is 7.40. The van der Waals surface area contributed by atoms with E-state index in [2.05, 4.69) is 15.6 Å². The van der Waals surface area contributed by atoms with Crippen molar-refractivity contribution in [2.45, 2.75) is 13.0 Å². The van der Waals surface area contributed by atoms with Crippen LogP contribution in [0.2, 0.25) is 5.02 Å². The standard InChI is InChI=1S/C17H17ClN2O2/c1-21-16-6-3-12(9-17(16)22-2)7-8-20-11-19-14-10-13(18)4-5-15(14)20/h3-6,9-11H,7-8H2,1-2H3. The SMILES string of the molecule is COc1ccc(CCn2cnc3cc(Cl)ccc32)cc1OC. The third-order valence-corrected chi connectivity index (χ3v) is 3.91. The van der Waals surface area contributed by atoms with E-state index in [0.717, 1.165) is 35.5 Å². The average Bonchev–Trinajstić information content (AvgIpc) is 2.94. The molecule has 2 aromatic carbocycles. The topological polar surface area (TPSA) is 36.3 Å². The first-order chi connectivity index (χ1) is 10.7. The van der Waals surface area contributed by atoms with Gasteiger partial charge in [0, 0.05) is 11.6 Å². The summed E-state index contributed by atoms with van der Waals surface area (Å²) in [5.74, 6) is 1.50. The Morgan fingerprint density at radius 3 is 2.64 bits per heavy atom. The van der Waals surface area contributed by atoms with E-state index in [9.17, 15) is 0 Å². The number of nitrogens with zero attached hydrogens (tertiary/aromatic N) is 2. The fraction of sp³-hybridized carbons (Fsp3) is 0.235. The zero-order valence-corrected chi connectivity index (χ0v) is 13.3. The Morgan fingerprint density at radius 1 is 1.05 bits per heavy atom. The van der Waals surface area contributed by atoms with Crippen LogP contribution < -0.4 is 9.47 Å². The highest BCUT2D eigenvalue weighted by molar-refractivity contribution is 6.31. The van der Waals surface area contributed by atoms with Crippen LogP contribution in [0, 0.1) is 0 Å². The maximum absolute atomic E-state index is 5.99. The van der Waals surface area contributed by atoms with Crippen molar-refractivity contribution in [3.8, 4) is 11.5 Å². The Balaban J connectivity index is 1.79. The molecule has 0 spiro atoms. The Bertz CT molecular complexity index is 798. The van der Waals surface area contributed by atoms with Crippen LogP contribution in [-0.4, -0.2) is 23.8 Å². The van der Waals surface area contributed by atoms with Gasteiger partial charge >= 0.3 is 0 Å². The van der Waals surface area contributed by atoms with Crippen molar-refractivity contribution >= 4 is 22.6 Å². The van der Waals surface area contributed by atoms with Gasteiger partial charge in [0.25, 0.3) is 0 Å². The predicted octanol–water partition coefficient (Wildman–Crippen LogP) is 3.95. The van der Waals surface area contributed by atoms with E-state index < -0.39 is 0 Å². The highest BCUT2D eigenvalue weighted by Crippen LogP contribution is 2.28. The molecule has 0 N–H and O–H groups in total. The number of hydrogen-bond donors (Lipinski definition) is 0. The fourth-order valence-corrected chi connectivity index (χ4v) is 2.67. The van der Waals surface area contributed by atoms with Gasteiger partial charge in [-0.25, -0.2) is 4.98 Å². The maximum Gasteiger partial charge on any atom is 0.160 e. The summed E-state index contributed by atoms with van der Waals surface area (Å²) in [5.41, 5.74) is 3.19. The summed E-state index contributed by atoms with van der Waals surface area (Å²) in [6.07, 6.45) is 2.73. The average molecular weight is 317 g/mol. The summed E-state index contributed by atoms with van der Waals surface area (Å²) in [4.78, 5) is 4.39. The van der Waals surface area contributed by atoms with Gasteiger partial charge in [-0.15, -0.1) is 0 Å². The molecule has 1 aromatic heterocycles. The van der Waals surface area contributed by atoms with Gasteiger partial charge in [0.15, 0.2) is 11.5 Å². The number of halogens is 1. The number of rotatable bonds is 5. The van der Waals surface area contributed by atoms with E-state index in [4.69, 9.17) is 21.1 Å². The Morgan fingerprint density at radius 2 is 1.86 bits per heavy atom. The molecule has 0 amide bonds. The molecule has 0 radical (unpaired) electrons. The van der Waals surface area contributed by atoms with Crippen molar-refractivity contribution < 1.29 is 9.47 Å². The van der Waals surface area contributed by atoms with Crippen molar-refractivity contribution in [1.29, 1.82) is 0 Å². The highest BCUT2D eigenvalue weighted by Gasteiger charge is 2.06. The molecule has 0 bridgehead atoms. The number of imidazole rings is 1. The van der Waals surface area contributed by atoms with Crippen molar-refractivity contribution in [1.82, 2.24) is 9.55 Å². The third kappa shape index (κ3) is 2.88. The molecule has 0 saturated carbocycles. The number of aromatic nitrogens is 2. The number of benzene rings is 2. The molecule has 0 saturated heterocycles. The zero-order valence-electron chi connectivity index (χ0n) is 12.5. The van der Waals surface area contributed by atoms with Crippen molar-refractivity contribution in [3.05, 3.63) is 53.3 Å². The van der Waals surface area contributed by atoms with Gasteiger partial charge in [0.1, 0.15) is 0 Å². The number of methoxy groups -OCH3 is 2. The normalized spacial score (nSPS) is 10.9. The quantitative estimate of drug-likeness (QED) is 0.715. The minimum atomic E-state index is 0.706. The second-order valence-electron chi connectivity index (χ2n) is 5.01. The van der Waals surface area contributed by atoms with Crippen LogP contribution in [-0.2, 0) is 13.0 Å². The van der Waals surface area contributed by atoms with Gasteiger partial charge < -0.3 is 14.0 Å². The van der Waals surface area contributed by atoms with E-state index in [1.807, 2.05) is 36.7 Å². The van der Waals surface area contributed by atoms with E-state index in [1.165, 1.54) is 5.56 Å². The van der Waals surface area contributed by atoms with Crippen molar-refractivity contribution in [2.75, 3.05) is 14.2 Å². The monoisotopic (exact) mass is 316 g/mol. The van der Waals surface area contributed by atoms with Gasteiger partial charge in [-0.05, 0) is 42.3 Å². The van der Waals surface area contributed by atoms with Gasteiger partial charge in [-0.1, -0.05) is 17.7 Å². The molecule has 5 heteroatoms. The Hall–Kier alpha value is -2.20. The van der Waals surface area contributed by atoms with Crippen LogP contribution in [0.25, 0.3) is 11.0 Å². The molecular formula is C17H17ClN2O2. The minimum absolute atomic E-state index is 0.706. The van der Waals surface area contributed by atoms with E-state index in [-0.39, 0.29) is 0 Å². The van der Waals surface area contributed by atoms with E-state index in [0.29, 0.717) is 5.02 Å².